The van der Waals surface area contributed by atoms with Gasteiger partial charge in [-0.3, -0.25) is 0 Å². The van der Waals surface area contributed by atoms with E-state index in [1.165, 1.54) is 6.42 Å². The van der Waals surface area contributed by atoms with Gasteiger partial charge in [-0.1, -0.05) is 58.1 Å². The summed E-state index contributed by atoms with van der Waals surface area (Å²) in [4.78, 5) is 0. The fourth-order valence-corrected chi connectivity index (χ4v) is 1.11. The summed E-state index contributed by atoms with van der Waals surface area (Å²) in [7, 11) is 11.8. The monoisotopic (exact) mass is 162 g/mol. The van der Waals surface area contributed by atoms with Gasteiger partial charge in [0.2, 0.25) is 0 Å². The summed E-state index contributed by atoms with van der Waals surface area (Å²) in [5.74, 6) is 1.12. The van der Waals surface area contributed by atoms with Gasteiger partial charge in [-0.15, -0.1) is 0 Å². The molecule has 0 nitrogen and oxygen atoms in total. The van der Waals surface area contributed by atoms with E-state index in [0.717, 1.165) is 18.8 Å². The predicted molar refractivity (Wildman–Crippen MR) is 57.7 cm³/mol. The summed E-state index contributed by atoms with van der Waals surface area (Å²) >= 11 is 0. The summed E-state index contributed by atoms with van der Waals surface area (Å²) in [6.45, 7) is 8.61. The van der Waals surface area contributed by atoms with Gasteiger partial charge in [0, 0.05) is 0 Å². The maximum atomic E-state index is 5.92. The number of hydrogen-bond acceptors (Lipinski definition) is 0. The van der Waals surface area contributed by atoms with E-state index in [4.69, 9.17) is 15.7 Å². The molecule has 0 saturated carbocycles. The van der Waals surface area contributed by atoms with Crippen LogP contribution in [-0.2, 0) is 0 Å². The van der Waals surface area contributed by atoms with Gasteiger partial charge < -0.3 is 0 Å². The van der Waals surface area contributed by atoms with E-state index in [2.05, 4.69) is 27.7 Å². The normalized spacial score (nSPS) is 12.8. The highest BCUT2D eigenvalue weighted by Gasteiger charge is 2.20. The van der Waals surface area contributed by atoms with Crippen LogP contribution in [0.3, 0.4) is 0 Å². The molecule has 0 amide bonds. The zero-order valence-corrected chi connectivity index (χ0v) is 8.93. The molecule has 0 fully saturated rings. The molecule has 0 aliphatic rings. The molecule has 0 unspecified atom stereocenters. The van der Waals surface area contributed by atoms with Crippen molar-refractivity contribution in [1.29, 1.82) is 0 Å². The second-order valence-electron chi connectivity index (χ2n) is 4.55. The zero-order valence-electron chi connectivity index (χ0n) is 8.93. The lowest BCUT2D eigenvalue weighted by Crippen LogP contribution is -2.20. The van der Waals surface area contributed by atoms with Crippen molar-refractivity contribution in [3.63, 3.8) is 0 Å². The molecular formula is C10H20B2. The molecule has 0 rings (SSSR count). The van der Waals surface area contributed by atoms with Gasteiger partial charge in [-0.05, 0) is 5.92 Å². The highest BCUT2D eigenvalue weighted by atomic mass is 14.2. The Bertz CT molecular complexity index is 117. The van der Waals surface area contributed by atoms with Gasteiger partial charge in [-0.2, -0.15) is 0 Å². The van der Waals surface area contributed by atoms with Crippen molar-refractivity contribution in [1.82, 2.24) is 0 Å². The standard InChI is InChI=1S/C10H20B2/c1-8(2)6-5-7-10(11,12)9(3)4/h8-9H,5-7H2,1-4H3. The average molecular weight is 162 g/mol. The van der Waals surface area contributed by atoms with Crippen LogP contribution < -0.4 is 0 Å². The Morgan fingerprint density at radius 3 is 1.92 bits per heavy atom. The van der Waals surface area contributed by atoms with E-state index < -0.39 is 5.21 Å². The first-order valence-electron chi connectivity index (χ1n) is 4.94. The van der Waals surface area contributed by atoms with Gasteiger partial charge in [0.25, 0.3) is 0 Å². The predicted octanol–water partition coefficient (Wildman–Crippen LogP) is 2.92. The Labute approximate surface area is 80.3 Å². The molecule has 0 bridgehead atoms. The van der Waals surface area contributed by atoms with Crippen LogP contribution in [0, 0.1) is 11.8 Å². The minimum absolute atomic E-state index is 0.365. The van der Waals surface area contributed by atoms with E-state index in [0.29, 0.717) is 5.92 Å². The largest absolute Gasteiger partial charge is 0.0968 e. The lowest BCUT2D eigenvalue weighted by molar-refractivity contribution is 0.453. The molecule has 0 aliphatic carbocycles. The summed E-state index contributed by atoms with van der Waals surface area (Å²) < 4.78 is 0. The molecule has 0 N–H and O–H groups in total. The Hall–Kier alpha value is 0.130. The molecule has 0 aromatic carbocycles. The van der Waals surface area contributed by atoms with E-state index >= 15 is 0 Å². The number of hydrogen-bond donors (Lipinski definition) is 0. The first-order chi connectivity index (χ1) is 5.36. The van der Waals surface area contributed by atoms with Crippen LogP contribution in [0.4, 0.5) is 0 Å². The van der Waals surface area contributed by atoms with Gasteiger partial charge in [0.1, 0.15) is 0 Å². The second-order valence-corrected chi connectivity index (χ2v) is 4.55. The van der Waals surface area contributed by atoms with Crippen molar-refractivity contribution >= 4 is 15.7 Å². The van der Waals surface area contributed by atoms with Crippen LogP contribution in [0.15, 0.2) is 0 Å². The highest BCUT2D eigenvalue weighted by molar-refractivity contribution is 6.39. The van der Waals surface area contributed by atoms with Crippen LogP contribution in [0.25, 0.3) is 0 Å². The van der Waals surface area contributed by atoms with E-state index in [1.54, 1.807) is 0 Å². The van der Waals surface area contributed by atoms with Crippen molar-refractivity contribution in [3.8, 4) is 0 Å². The number of rotatable bonds is 5. The Morgan fingerprint density at radius 1 is 1.08 bits per heavy atom. The molecule has 0 aromatic heterocycles. The molecule has 0 heterocycles. The average Bonchev–Trinajstić information content (AvgIpc) is 1.85. The quantitative estimate of drug-likeness (QED) is 0.545. The van der Waals surface area contributed by atoms with Crippen molar-refractivity contribution in [2.75, 3.05) is 0 Å². The second kappa shape index (κ2) is 4.99. The topological polar surface area (TPSA) is 0 Å². The lowest BCUT2D eigenvalue weighted by atomic mass is 9.47. The maximum Gasteiger partial charge on any atom is 0.0624 e. The fourth-order valence-electron chi connectivity index (χ4n) is 1.11. The molecule has 0 aliphatic heterocycles. The molecular weight excluding hydrogens is 142 g/mol. The minimum atomic E-state index is -0.463. The van der Waals surface area contributed by atoms with Crippen LogP contribution in [0.1, 0.15) is 47.0 Å². The molecule has 0 saturated heterocycles. The van der Waals surface area contributed by atoms with Gasteiger partial charge in [0.15, 0.2) is 0 Å². The van der Waals surface area contributed by atoms with Crippen LogP contribution in [0.5, 0.6) is 0 Å². The molecule has 66 valence electrons. The van der Waals surface area contributed by atoms with Gasteiger partial charge >= 0.3 is 0 Å². The summed E-state index contributed by atoms with van der Waals surface area (Å²) in [5.41, 5.74) is 0. The maximum absolute atomic E-state index is 5.92. The molecule has 0 atom stereocenters. The Balaban J connectivity index is 3.61. The van der Waals surface area contributed by atoms with Crippen LogP contribution in [0.2, 0.25) is 5.21 Å². The zero-order chi connectivity index (χ0) is 9.78. The third kappa shape index (κ3) is 4.90. The van der Waals surface area contributed by atoms with E-state index in [1.807, 2.05) is 0 Å². The van der Waals surface area contributed by atoms with Gasteiger partial charge in [0.05, 0.1) is 15.7 Å². The molecule has 12 heavy (non-hydrogen) atoms. The first kappa shape index (κ1) is 12.1. The lowest BCUT2D eigenvalue weighted by Gasteiger charge is -2.30. The van der Waals surface area contributed by atoms with E-state index in [9.17, 15) is 0 Å². The van der Waals surface area contributed by atoms with Crippen LogP contribution >= 0.6 is 0 Å². The summed E-state index contributed by atoms with van der Waals surface area (Å²) in [6.07, 6.45) is 3.30. The first-order valence-corrected chi connectivity index (χ1v) is 4.94. The van der Waals surface area contributed by atoms with Crippen LogP contribution in [-0.4, -0.2) is 15.7 Å². The molecule has 2 heteroatoms. The Morgan fingerprint density at radius 2 is 1.58 bits per heavy atom. The van der Waals surface area contributed by atoms with Crippen molar-refractivity contribution in [2.24, 2.45) is 11.8 Å². The minimum Gasteiger partial charge on any atom is -0.0968 e. The SMILES string of the molecule is [B]C([B])(CCCC(C)C)C(C)C. The molecule has 0 spiro atoms. The van der Waals surface area contributed by atoms with Gasteiger partial charge in [-0.25, -0.2) is 0 Å². The fraction of sp³-hybridized carbons (Fsp3) is 1.00. The van der Waals surface area contributed by atoms with Crippen molar-refractivity contribution in [2.45, 2.75) is 52.2 Å². The highest BCUT2D eigenvalue weighted by Crippen LogP contribution is 2.33. The third-order valence-electron chi connectivity index (χ3n) is 2.47. The Kier molecular flexibility index (Phi) is 5.04. The summed E-state index contributed by atoms with van der Waals surface area (Å²) in [6, 6.07) is 0. The molecule has 0 aromatic rings. The van der Waals surface area contributed by atoms with E-state index in [-0.39, 0.29) is 0 Å². The smallest absolute Gasteiger partial charge is 0.0624 e. The van der Waals surface area contributed by atoms with Crippen molar-refractivity contribution in [3.05, 3.63) is 0 Å². The van der Waals surface area contributed by atoms with Crippen molar-refractivity contribution < 1.29 is 0 Å². The summed E-state index contributed by atoms with van der Waals surface area (Å²) in [5, 5.41) is -0.463. The third-order valence-corrected chi connectivity index (χ3v) is 2.47. The molecule has 4 radical (unpaired) electrons.